The van der Waals surface area contributed by atoms with E-state index in [1.165, 1.54) is 6.92 Å². The van der Waals surface area contributed by atoms with Gasteiger partial charge in [0.25, 0.3) is 0 Å². The third kappa shape index (κ3) is 76.9. The predicted octanol–water partition coefficient (Wildman–Crippen LogP) is -14.7. The molecule has 0 amide bonds. The maximum atomic E-state index is 9.49. The average Bonchev–Trinajstić information content (AvgIpc) is 2.18. The monoisotopic (exact) mass is 290 g/mol. The van der Waals surface area contributed by atoms with E-state index in [0.717, 1.165) is 6.08 Å². The third-order valence-corrected chi connectivity index (χ3v) is 1.19. The zero-order chi connectivity index (χ0) is 14.6. The Kier molecular flexibility index (Phi) is 52.5. The minimum atomic E-state index is -4.38. The number of carbonyl (C=O) groups excluding carboxylic acids is 2. The molecule has 0 saturated carbocycles. The van der Waals surface area contributed by atoms with Crippen LogP contribution in [0.25, 0.3) is 0 Å². The molecular formula is C9H11Li4O7P. The van der Waals surface area contributed by atoms with Crippen LogP contribution >= 0.6 is 7.60 Å². The second-order valence-electron chi connectivity index (χ2n) is 2.31. The van der Waals surface area contributed by atoms with Crippen molar-refractivity contribution in [1.29, 1.82) is 0 Å². The number of aliphatic carboxylic acids is 2. The first-order chi connectivity index (χ1) is 7.47. The van der Waals surface area contributed by atoms with E-state index < -0.39 is 19.5 Å². The molecule has 0 radical (unpaired) electrons. The Hall–Kier alpha value is 0.700. The molecule has 0 N–H and O–H groups in total. The molecule has 0 aliphatic rings. The SMILES string of the molecule is C=C(C)C(=O)[O-].C=CC(=O)[O-].C=CP(=O)([O-])[O-].[Li+].[Li+].[Li+].[Li+]. The normalized spacial score (nSPS) is 6.81. The first-order valence-corrected chi connectivity index (χ1v) is 5.44. The number of carboxylic acids is 2. The number of hydrogen-bond donors (Lipinski definition) is 0. The molecule has 0 unspecified atom stereocenters. The topological polar surface area (TPSA) is 143 Å². The molecule has 0 fully saturated rings. The Morgan fingerprint density at radius 2 is 1.14 bits per heavy atom. The van der Waals surface area contributed by atoms with E-state index in [1.807, 2.05) is 0 Å². The zero-order valence-electron chi connectivity index (χ0n) is 13.1. The van der Waals surface area contributed by atoms with Crippen molar-refractivity contribution in [2.45, 2.75) is 6.92 Å². The zero-order valence-corrected chi connectivity index (χ0v) is 14.0. The van der Waals surface area contributed by atoms with Crippen LogP contribution in [0.2, 0.25) is 0 Å². The molecule has 0 atom stereocenters. The van der Waals surface area contributed by atoms with E-state index in [1.54, 1.807) is 0 Å². The summed E-state index contributed by atoms with van der Waals surface area (Å²) in [6.45, 7) is 10.1. The molecule has 0 bridgehead atoms. The Bertz CT molecular complexity index is 342. The van der Waals surface area contributed by atoms with E-state index in [2.05, 4.69) is 19.7 Å². The second-order valence-corrected chi connectivity index (χ2v) is 3.76. The van der Waals surface area contributed by atoms with Gasteiger partial charge in [0.05, 0.1) is 11.9 Å². The molecule has 0 heterocycles. The van der Waals surface area contributed by atoms with Crippen molar-refractivity contribution in [3.8, 4) is 0 Å². The minimum absolute atomic E-state index is 0. The molecule has 0 rings (SSSR count). The van der Waals surface area contributed by atoms with Gasteiger partial charge in [-0.2, -0.15) is 0 Å². The molecule has 0 aromatic carbocycles. The molecule has 98 valence electrons. The van der Waals surface area contributed by atoms with Gasteiger partial charge in [-0.3, -0.25) is 0 Å². The molecule has 21 heavy (non-hydrogen) atoms. The molecule has 0 aliphatic heterocycles. The summed E-state index contributed by atoms with van der Waals surface area (Å²) < 4.78 is 9.35. The van der Waals surface area contributed by atoms with Gasteiger partial charge in [-0.1, -0.05) is 25.6 Å². The standard InChI is InChI=1S/C4H6O2.C3H4O2.C2H5O3P.4Li/c1-3(2)4(5)6;1-2-3(4)5;1-2-6(3,4)5;;;;/h1H2,2H3,(H,5,6);2H,1H2,(H,4,5);2H,1H2,(H2,3,4,5);;;;/q;;;4*+1/p-4. The van der Waals surface area contributed by atoms with E-state index in [9.17, 15) is 24.3 Å². The van der Waals surface area contributed by atoms with Gasteiger partial charge in [0.2, 0.25) is 0 Å². The van der Waals surface area contributed by atoms with Crippen LogP contribution in [0.15, 0.2) is 37.2 Å². The van der Waals surface area contributed by atoms with Gasteiger partial charge in [-0.25, -0.2) is 0 Å². The van der Waals surface area contributed by atoms with Crippen LogP contribution in [0.3, 0.4) is 0 Å². The summed E-state index contributed by atoms with van der Waals surface area (Å²) in [6.07, 6.45) is 0.722. The maximum absolute atomic E-state index is 9.49. The van der Waals surface area contributed by atoms with Gasteiger partial charge in [0.1, 0.15) is 0 Å². The molecule has 0 aromatic heterocycles. The van der Waals surface area contributed by atoms with Crippen LogP contribution in [0, 0.1) is 0 Å². The largest absolute Gasteiger partial charge is 1.00 e. The molecule has 7 nitrogen and oxygen atoms in total. The quantitative estimate of drug-likeness (QED) is 0.285. The van der Waals surface area contributed by atoms with Crippen molar-refractivity contribution in [2.75, 3.05) is 0 Å². The van der Waals surface area contributed by atoms with Crippen LogP contribution < -0.4 is 95.4 Å². The maximum Gasteiger partial charge on any atom is 1.00 e. The molecule has 0 aliphatic carbocycles. The number of carbonyl (C=O) groups is 2. The van der Waals surface area contributed by atoms with E-state index in [4.69, 9.17) is 9.90 Å². The number of carboxylic acid groups (broad SMARTS) is 2. The van der Waals surface area contributed by atoms with Crippen molar-refractivity contribution in [3.05, 3.63) is 37.2 Å². The van der Waals surface area contributed by atoms with Gasteiger partial charge < -0.3 is 34.2 Å². The molecule has 12 heteroatoms. The summed E-state index contributed by atoms with van der Waals surface area (Å²) in [7, 11) is -4.38. The van der Waals surface area contributed by atoms with Crippen molar-refractivity contribution in [2.24, 2.45) is 0 Å². The van der Waals surface area contributed by atoms with Gasteiger partial charge in [-0.05, 0) is 26.2 Å². The third-order valence-electron chi connectivity index (χ3n) is 0.739. The van der Waals surface area contributed by atoms with Gasteiger partial charge in [-0.15, -0.1) is 0 Å². The average molecular weight is 290 g/mol. The smallest absolute Gasteiger partial charge is 0.808 e. The summed E-state index contributed by atoms with van der Waals surface area (Å²) in [5.41, 5.74) is 0.0648. The van der Waals surface area contributed by atoms with Gasteiger partial charge in [0.15, 0.2) is 0 Å². The van der Waals surface area contributed by atoms with Crippen LogP contribution in [0.5, 0.6) is 0 Å². The summed E-state index contributed by atoms with van der Waals surface area (Å²) in [5, 5.41) is 18.6. The molecule has 0 aromatic rings. The van der Waals surface area contributed by atoms with Gasteiger partial charge >= 0.3 is 75.4 Å². The molecule has 0 saturated heterocycles. The number of rotatable bonds is 3. The number of hydrogen-bond acceptors (Lipinski definition) is 7. The fourth-order valence-electron chi connectivity index (χ4n) is 0. The molecular weight excluding hydrogens is 279 g/mol. The van der Waals surface area contributed by atoms with E-state index in [0.29, 0.717) is 5.82 Å². The van der Waals surface area contributed by atoms with Crippen molar-refractivity contribution in [3.63, 3.8) is 0 Å². The Balaban J connectivity index is -0.0000000257. The van der Waals surface area contributed by atoms with Crippen molar-refractivity contribution >= 4 is 19.5 Å². The van der Waals surface area contributed by atoms with E-state index in [-0.39, 0.29) is 81.0 Å². The summed E-state index contributed by atoms with van der Waals surface area (Å²) in [6, 6.07) is 0. The predicted molar refractivity (Wildman–Crippen MR) is 52.8 cm³/mol. The summed E-state index contributed by atoms with van der Waals surface area (Å²) in [4.78, 5) is 37.3. The molecule has 0 spiro atoms. The van der Waals surface area contributed by atoms with Crippen molar-refractivity contribution < 1.29 is 110 Å². The van der Waals surface area contributed by atoms with E-state index >= 15 is 0 Å². The second kappa shape index (κ2) is 25.6. The summed E-state index contributed by atoms with van der Waals surface area (Å²) in [5.74, 6) is -2.03. The van der Waals surface area contributed by atoms with Crippen molar-refractivity contribution in [1.82, 2.24) is 0 Å². The Morgan fingerprint density at radius 1 is 1.00 bits per heavy atom. The Labute approximate surface area is 172 Å². The summed E-state index contributed by atoms with van der Waals surface area (Å²) >= 11 is 0. The van der Waals surface area contributed by atoms with Crippen LogP contribution in [-0.2, 0) is 14.2 Å². The fraction of sp³-hybridized carbons (Fsp3) is 0.111. The first kappa shape index (κ1) is 43.0. The van der Waals surface area contributed by atoms with Crippen LogP contribution in [0.4, 0.5) is 0 Å². The van der Waals surface area contributed by atoms with Crippen LogP contribution in [0.1, 0.15) is 6.92 Å². The van der Waals surface area contributed by atoms with Crippen LogP contribution in [-0.4, -0.2) is 11.9 Å². The first-order valence-electron chi connectivity index (χ1n) is 3.83. The Morgan fingerprint density at radius 3 is 1.14 bits per heavy atom. The fourth-order valence-corrected chi connectivity index (χ4v) is 0. The minimum Gasteiger partial charge on any atom is -0.808 e. The van der Waals surface area contributed by atoms with Gasteiger partial charge in [0, 0.05) is 0 Å².